The number of allylic oxidation sites excluding steroid dienone is 4. The van der Waals surface area contributed by atoms with Gasteiger partial charge in [0.05, 0.1) is 0 Å². The van der Waals surface area contributed by atoms with Gasteiger partial charge < -0.3 is 9.32 Å². The number of hydrogen-bond acceptors (Lipinski definition) is 3. The van der Waals surface area contributed by atoms with Crippen LogP contribution >= 0.6 is 11.3 Å². The largest absolute Gasteiger partial charge is 0.455 e. The van der Waals surface area contributed by atoms with Crippen LogP contribution in [0.2, 0.25) is 0 Å². The smallest absolute Gasteiger partial charge is 0.142 e. The van der Waals surface area contributed by atoms with Crippen LogP contribution in [-0.4, -0.2) is 0 Å². The lowest BCUT2D eigenvalue weighted by atomic mass is 9.82. The molecule has 0 saturated heterocycles. The fourth-order valence-electron chi connectivity index (χ4n) is 10.3. The fraction of sp³-hybridized carbons (Fsp3) is 0.103. The lowest BCUT2D eigenvalue weighted by molar-refractivity contribution is 0.661. The number of anilines is 2. The van der Waals surface area contributed by atoms with Crippen LogP contribution < -0.4 is 4.90 Å². The van der Waals surface area contributed by atoms with Gasteiger partial charge in [-0.2, -0.15) is 0 Å². The summed E-state index contributed by atoms with van der Waals surface area (Å²) in [6.07, 6.45) is 5.55. The number of fused-ring (bicyclic) bond motifs is 10. The molecule has 0 amide bonds. The van der Waals surface area contributed by atoms with Gasteiger partial charge in [-0.25, -0.2) is 0 Å². The number of nitrogens with zero attached hydrogens (tertiary/aromatic N) is 1. The zero-order chi connectivity index (χ0) is 40.8. The third-order valence-electron chi connectivity index (χ3n) is 13.4. The molecule has 0 bridgehead atoms. The van der Waals surface area contributed by atoms with Crippen molar-refractivity contribution < 1.29 is 4.42 Å². The maximum atomic E-state index is 6.49. The first-order chi connectivity index (χ1) is 29.9. The van der Waals surface area contributed by atoms with E-state index in [1.54, 1.807) is 0 Å². The minimum atomic E-state index is -0.0199. The molecular weight excluding hydrogens is 759 g/mol. The number of thiophene rings is 1. The van der Waals surface area contributed by atoms with E-state index in [4.69, 9.17) is 4.42 Å². The van der Waals surface area contributed by atoms with E-state index in [-0.39, 0.29) is 11.3 Å². The van der Waals surface area contributed by atoms with Gasteiger partial charge in [-0.05, 0) is 87.3 Å². The van der Waals surface area contributed by atoms with E-state index in [1.165, 1.54) is 86.9 Å². The SMILES string of the molecule is CC1CC(c2cccc3c2oc2ccccc23)=CC=C1N(c1ccc(-c2ccccc2)cc1)c1ccc(-c2cccc3c2sc2c4c(ccc23)C(C)(C)c2ccccc2-4)cc1. The zero-order valence-corrected chi connectivity index (χ0v) is 35.3. The number of para-hydroxylation sites is 2. The Labute approximate surface area is 360 Å². The molecule has 3 heteroatoms. The summed E-state index contributed by atoms with van der Waals surface area (Å²) in [6.45, 7) is 7.09. The third kappa shape index (κ3) is 5.61. The van der Waals surface area contributed by atoms with Crippen molar-refractivity contribution in [1.29, 1.82) is 0 Å². The molecular formula is C58H43NOS. The Hall–Kier alpha value is -6.94. The van der Waals surface area contributed by atoms with Crippen LogP contribution in [0.5, 0.6) is 0 Å². The summed E-state index contributed by atoms with van der Waals surface area (Å²) >= 11 is 1.95. The van der Waals surface area contributed by atoms with Crippen LogP contribution in [0.15, 0.2) is 198 Å². The maximum Gasteiger partial charge on any atom is 0.142 e. The second-order valence-corrected chi connectivity index (χ2v) is 18.3. The molecule has 0 fully saturated rings. The van der Waals surface area contributed by atoms with Crippen molar-refractivity contribution in [1.82, 2.24) is 0 Å². The molecule has 0 spiro atoms. The first-order valence-electron chi connectivity index (χ1n) is 21.4. The lowest BCUT2D eigenvalue weighted by Crippen LogP contribution is -2.23. The summed E-state index contributed by atoms with van der Waals surface area (Å²) in [4.78, 5) is 2.46. The van der Waals surface area contributed by atoms with Crippen molar-refractivity contribution in [3.8, 4) is 33.4 Å². The highest BCUT2D eigenvalue weighted by Gasteiger charge is 2.37. The van der Waals surface area contributed by atoms with Crippen LogP contribution in [0.4, 0.5) is 11.4 Å². The van der Waals surface area contributed by atoms with Gasteiger partial charge in [-0.1, -0.05) is 172 Å². The summed E-state index contributed by atoms with van der Waals surface area (Å²) < 4.78 is 9.23. The van der Waals surface area contributed by atoms with Crippen molar-refractivity contribution in [3.05, 3.63) is 210 Å². The molecule has 10 aromatic rings. The molecule has 292 valence electrons. The van der Waals surface area contributed by atoms with Gasteiger partial charge in [0.2, 0.25) is 0 Å². The van der Waals surface area contributed by atoms with E-state index >= 15 is 0 Å². The predicted octanol–water partition coefficient (Wildman–Crippen LogP) is 16.7. The quantitative estimate of drug-likeness (QED) is 0.167. The Morgan fingerprint density at radius 3 is 1.92 bits per heavy atom. The van der Waals surface area contributed by atoms with Crippen LogP contribution in [0.1, 0.15) is 43.9 Å². The highest BCUT2D eigenvalue weighted by Crippen LogP contribution is 2.54. The van der Waals surface area contributed by atoms with Crippen LogP contribution in [0.25, 0.3) is 81.1 Å². The average molecular weight is 802 g/mol. The van der Waals surface area contributed by atoms with E-state index in [1.807, 2.05) is 17.4 Å². The molecule has 12 rings (SSSR count). The summed E-state index contributed by atoms with van der Waals surface area (Å²) in [5.74, 6) is 0.247. The number of furan rings is 1. The van der Waals surface area contributed by atoms with Crippen LogP contribution in [0, 0.1) is 5.92 Å². The molecule has 2 heterocycles. The second-order valence-electron chi connectivity index (χ2n) is 17.3. The molecule has 2 aromatic heterocycles. The Morgan fingerprint density at radius 1 is 0.508 bits per heavy atom. The van der Waals surface area contributed by atoms with Gasteiger partial charge in [0.15, 0.2) is 0 Å². The molecule has 2 aliphatic rings. The van der Waals surface area contributed by atoms with Crippen LogP contribution in [-0.2, 0) is 5.41 Å². The van der Waals surface area contributed by atoms with Gasteiger partial charge in [0.25, 0.3) is 0 Å². The van der Waals surface area contributed by atoms with E-state index in [0.29, 0.717) is 0 Å². The molecule has 0 radical (unpaired) electrons. The predicted molar refractivity (Wildman–Crippen MR) is 260 cm³/mol. The maximum absolute atomic E-state index is 6.49. The second kappa shape index (κ2) is 13.8. The van der Waals surface area contributed by atoms with Crippen molar-refractivity contribution in [3.63, 3.8) is 0 Å². The van der Waals surface area contributed by atoms with E-state index in [2.05, 4.69) is 208 Å². The van der Waals surface area contributed by atoms with Gasteiger partial charge in [0, 0.05) is 70.5 Å². The fourth-order valence-corrected chi connectivity index (χ4v) is 11.7. The molecule has 2 nitrogen and oxygen atoms in total. The molecule has 1 atom stereocenters. The summed E-state index contributed by atoms with van der Waals surface area (Å²) in [5.41, 5.74) is 18.5. The lowest BCUT2D eigenvalue weighted by Gasteiger charge is -2.34. The molecule has 0 N–H and O–H groups in total. The Bertz CT molecular complexity index is 3420. The molecule has 0 aliphatic heterocycles. The Balaban J connectivity index is 0.958. The standard InChI is InChI=1S/C58H43NOS/c1-36-35-40(43-17-11-19-46-45-15-8-10-22-53(45)60-55(43)46)27-34-52(36)59(41-28-23-38(24-29-41)37-13-5-4-6-14-37)42-30-25-39(26-31-42)44-18-12-20-47-48-32-33-51-54(57(48)61-56(44)47)49-16-7-9-21-50(49)58(51,2)3/h4-34,36H,35H2,1-3H3. The Kier molecular flexibility index (Phi) is 8.14. The first kappa shape index (κ1) is 36.0. The monoisotopic (exact) mass is 801 g/mol. The highest BCUT2D eigenvalue weighted by molar-refractivity contribution is 7.27. The molecule has 0 saturated carbocycles. The van der Waals surface area contributed by atoms with Gasteiger partial charge in [-0.15, -0.1) is 11.3 Å². The minimum absolute atomic E-state index is 0.0199. The van der Waals surface area contributed by atoms with Crippen molar-refractivity contribution in [2.75, 3.05) is 4.90 Å². The average Bonchev–Trinajstić information content (AvgIpc) is 3.96. The summed E-state index contributed by atoms with van der Waals surface area (Å²) in [6, 6.07) is 64.4. The van der Waals surface area contributed by atoms with Gasteiger partial charge >= 0.3 is 0 Å². The molecule has 1 unspecified atom stereocenters. The minimum Gasteiger partial charge on any atom is -0.455 e. The molecule has 8 aromatic carbocycles. The summed E-state index contributed by atoms with van der Waals surface area (Å²) in [7, 11) is 0. The van der Waals surface area contributed by atoms with Crippen molar-refractivity contribution in [2.45, 2.75) is 32.6 Å². The van der Waals surface area contributed by atoms with Gasteiger partial charge in [-0.3, -0.25) is 0 Å². The normalized spacial score (nSPS) is 15.6. The van der Waals surface area contributed by atoms with Crippen molar-refractivity contribution in [2.24, 2.45) is 5.92 Å². The van der Waals surface area contributed by atoms with E-state index < -0.39 is 0 Å². The molecule has 61 heavy (non-hydrogen) atoms. The van der Waals surface area contributed by atoms with Crippen LogP contribution in [0.3, 0.4) is 0 Å². The topological polar surface area (TPSA) is 16.4 Å². The van der Waals surface area contributed by atoms with Gasteiger partial charge in [0.1, 0.15) is 11.2 Å². The van der Waals surface area contributed by atoms with E-state index in [0.717, 1.165) is 34.3 Å². The molecule has 2 aliphatic carbocycles. The zero-order valence-electron chi connectivity index (χ0n) is 34.4. The third-order valence-corrected chi connectivity index (χ3v) is 14.6. The Morgan fingerprint density at radius 2 is 1.13 bits per heavy atom. The highest BCUT2D eigenvalue weighted by atomic mass is 32.1. The van der Waals surface area contributed by atoms with Crippen molar-refractivity contribution >= 4 is 70.4 Å². The number of hydrogen-bond donors (Lipinski definition) is 0. The first-order valence-corrected chi connectivity index (χ1v) is 22.2. The number of benzene rings is 8. The van der Waals surface area contributed by atoms with E-state index in [9.17, 15) is 0 Å². The summed E-state index contributed by atoms with van der Waals surface area (Å²) in [5, 5.41) is 5.00. The number of rotatable bonds is 6.